The number of carboxylic acids is 1. The SMILES string of the molecule is CC(=O)C(C1CC1)N1C(=O)[C@@](C)(CC(=O)O)C[C@H](c2cccc(Cl)c2)[C@H]1c1ccc(Cl)cc1. The Kier molecular flexibility index (Phi) is 6.56. The van der Waals surface area contributed by atoms with Crippen LogP contribution < -0.4 is 0 Å². The fourth-order valence-corrected chi connectivity index (χ4v) is 5.68. The first-order valence-electron chi connectivity index (χ1n) is 11.2. The molecule has 0 spiro atoms. The minimum absolute atomic E-state index is 0.0748. The van der Waals surface area contributed by atoms with E-state index in [0.717, 1.165) is 24.0 Å². The van der Waals surface area contributed by atoms with Gasteiger partial charge in [0.1, 0.15) is 0 Å². The molecule has 2 aliphatic rings. The predicted octanol–water partition coefficient (Wildman–Crippen LogP) is 5.90. The van der Waals surface area contributed by atoms with Crippen LogP contribution in [0.25, 0.3) is 0 Å². The molecule has 0 aromatic heterocycles. The Morgan fingerprint density at radius 2 is 1.76 bits per heavy atom. The van der Waals surface area contributed by atoms with Crippen LogP contribution in [0.1, 0.15) is 62.6 Å². The summed E-state index contributed by atoms with van der Waals surface area (Å²) >= 11 is 12.5. The number of aliphatic carboxylic acids is 1. The zero-order chi connectivity index (χ0) is 23.9. The normalized spacial score (nSPS) is 26.2. The first-order valence-corrected chi connectivity index (χ1v) is 11.9. The van der Waals surface area contributed by atoms with Crippen molar-refractivity contribution in [1.29, 1.82) is 0 Å². The van der Waals surface area contributed by atoms with Crippen LogP contribution in [0.2, 0.25) is 10.0 Å². The molecule has 33 heavy (non-hydrogen) atoms. The summed E-state index contributed by atoms with van der Waals surface area (Å²) in [5.74, 6) is -1.54. The van der Waals surface area contributed by atoms with E-state index in [0.29, 0.717) is 16.5 Å². The molecule has 1 amide bonds. The molecule has 174 valence electrons. The van der Waals surface area contributed by atoms with Crippen LogP contribution in [0.5, 0.6) is 0 Å². The van der Waals surface area contributed by atoms with Gasteiger partial charge < -0.3 is 10.0 Å². The summed E-state index contributed by atoms with van der Waals surface area (Å²) in [7, 11) is 0. The molecule has 1 saturated carbocycles. The van der Waals surface area contributed by atoms with Crippen molar-refractivity contribution in [3.05, 3.63) is 69.7 Å². The van der Waals surface area contributed by atoms with E-state index in [4.69, 9.17) is 23.2 Å². The van der Waals surface area contributed by atoms with Gasteiger partial charge in [0.2, 0.25) is 5.91 Å². The van der Waals surface area contributed by atoms with Crippen molar-refractivity contribution >= 4 is 40.9 Å². The second-order valence-electron chi connectivity index (χ2n) is 9.60. The fraction of sp³-hybridized carbons (Fsp3) is 0.423. The number of halogens is 2. The van der Waals surface area contributed by atoms with Gasteiger partial charge in [-0.25, -0.2) is 0 Å². The number of carboxylic acid groups (broad SMARTS) is 1. The quantitative estimate of drug-likeness (QED) is 0.527. The number of hydrogen-bond acceptors (Lipinski definition) is 3. The zero-order valence-corrected chi connectivity index (χ0v) is 20.1. The lowest BCUT2D eigenvalue weighted by Crippen LogP contribution is -2.58. The van der Waals surface area contributed by atoms with Crippen LogP contribution in [-0.2, 0) is 14.4 Å². The van der Waals surface area contributed by atoms with Crippen LogP contribution in [0.4, 0.5) is 0 Å². The molecule has 2 fully saturated rings. The Morgan fingerprint density at radius 3 is 2.30 bits per heavy atom. The lowest BCUT2D eigenvalue weighted by molar-refractivity contribution is -0.163. The van der Waals surface area contributed by atoms with Crippen molar-refractivity contribution < 1.29 is 19.5 Å². The van der Waals surface area contributed by atoms with Crippen LogP contribution in [0.15, 0.2) is 48.5 Å². The number of carbonyl (C=O) groups excluding carboxylic acids is 2. The number of amides is 1. The van der Waals surface area contributed by atoms with Gasteiger partial charge in [0, 0.05) is 16.0 Å². The highest BCUT2D eigenvalue weighted by molar-refractivity contribution is 6.30. The molecule has 2 aromatic carbocycles. The Morgan fingerprint density at radius 1 is 1.09 bits per heavy atom. The van der Waals surface area contributed by atoms with Gasteiger partial charge in [0.05, 0.1) is 23.9 Å². The van der Waals surface area contributed by atoms with Gasteiger partial charge >= 0.3 is 5.97 Å². The number of rotatable bonds is 7. The molecule has 2 aromatic rings. The summed E-state index contributed by atoms with van der Waals surface area (Å²) in [6, 6.07) is 13.8. The molecular weight excluding hydrogens is 461 g/mol. The average molecular weight is 488 g/mol. The van der Waals surface area contributed by atoms with Gasteiger partial charge in [0.15, 0.2) is 5.78 Å². The second-order valence-corrected chi connectivity index (χ2v) is 10.5. The smallest absolute Gasteiger partial charge is 0.304 e. The Labute approximate surface area is 203 Å². The lowest BCUT2D eigenvalue weighted by Gasteiger charge is -2.51. The van der Waals surface area contributed by atoms with E-state index in [2.05, 4.69) is 0 Å². The van der Waals surface area contributed by atoms with Crippen LogP contribution >= 0.6 is 23.2 Å². The molecular formula is C26H27Cl2NO4. The Hall–Kier alpha value is -2.37. The summed E-state index contributed by atoms with van der Waals surface area (Å²) < 4.78 is 0. The Bertz CT molecular complexity index is 1080. The number of nitrogens with zero attached hydrogens (tertiary/aromatic N) is 1. The van der Waals surface area contributed by atoms with Crippen LogP contribution in [0.3, 0.4) is 0 Å². The van der Waals surface area contributed by atoms with Crippen molar-refractivity contribution in [2.24, 2.45) is 11.3 Å². The van der Waals surface area contributed by atoms with Gasteiger partial charge in [-0.2, -0.15) is 0 Å². The summed E-state index contributed by atoms with van der Waals surface area (Å²) in [4.78, 5) is 40.4. The van der Waals surface area contributed by atoms with Gasteiger partial charge in [0.25, 0.3) is 0 Å². The van der Waals surface area contributed by atoms with Gasteiger partial charge in [-0.05, 0) is 67.5 Å². The highest BCUT2D eigenvalue weighted by Crippen LogP contribution is 2.54. The fourth-order valence-electron chi connectivity index (χ4n) is 5.35. The highest BCUT2D eigenvalue weighted by Gasteiger charge is 2.55. The van der Waals surface area contributed by atoms with E-state index in [9.17, 15) is 19.5 Å². The van der Waals surface area contributed by atoms with Crippen molar-refractivity contribution in [3.63, 3.8) is 0 Å². The monoisotopic (exact) mass is 487 g/mol. The van der Waals surface area contributed by atoms with E-state index in [1.165, 1.54) is 6.92 Å². The number of likely N-dealkylation sites (tertiary alicyclic amines) is 1. The first kappa shape index (κ1) is 23.8. The second kappa shape index (κ2) is 9.11. The molecule has 5 nitrogen and oxygen atoms in total. The summed E-state index contributed by atoms with van der Waals surface area (Å²) in [5.41, 5.74) is 0.626. The van der Waals surface area contributed by atoms with E-state index in [1.54, 1.807) is 30.0 Å². The molecule has 0 bridgehead atoms. The number of ketones is 1. The average Bonchev–Trinajstić information content (AvgIpc) is 3.56. The van der Waals surface area contributed by atoms with Crippen molar-refractivity contribution in [3.8, 4) is 0 Å². The topological polar surface area (TPSA) is 74.7 Å². The molecule has 7 heteroatoms. The molecule has 4 atom stereocenters. The number of benzene rings is 2. The van der Waals surface area contributed by atoms with Crippen molar-refractivity contribution in [2.45, 2.75) is 57.5 Å². The standard InChI is InChI=1S/C26H27Cl2NO4/c1-15(30)23(16-6-7-16)29-24(17-8-10-19(27)11-9-17)21(18-4-3-5-20(28)12-18)13-26(2,25(29)33)14-22(31)32/h3-5,8-12,16,21,23-24H,6-7,13-14H2,1-2H3,(H,31,32)/t21-,23?,24-,26-/m1/s1. The van der Waals surface area contributed by atoms with E-state index in [-0.39, 0.29) is 29.9 Å². The maximum absolute atomic E-state index is 14.0. The Balaban J connectivity index is 1.93. The molecule has 4 rings (SSSR count). The van der Waals surface area contributed by atoms with Gasteiger partial charge in [-0.3, -0.25) is 14.4 Å². The van der Waals surface area contributed by atoms with E-state index < -0.39 is 23.5 Å². The third-order valence-electron chi connectivity index (χ3n) is 6.92. The maximum atomic E-state index is 14.0. The largest absolute Gasteiger partial charge is 0.481 e. The van der Waals surface area contributed by atoms with Crippen molar-refractivity contribution in [1.82, 2.24) is 4.90 Å². The molecule has 1 aliphatic heterocycles. The molecule has 0 radical (unpaired) electrons. The molecule has 1 saturated heterocycles. The zero-order valence-electron chi connectivity index (χ0n) is 18.6. The summed E-state index contributed by atoms with van der Waals surface area (Å²) in [6.07, 6.45) is 1.78. The molecule has 1 aliphatic carbocycles. The number of hydrogen-bond donors (Lipinski definition) is 1. The van der Waals surface area contributed by atoms with Crippen LogP contribution in [-0.4, -0.2) is 33.7 Å². The van der Waals surface area contributed by atoms with Gasteiger partial charge in [-0.1, -0.05) is 54.4 Å². The minimum atomic E-state index is -1.15. The molecule has 1 N–H and O–H groups in total. The molecule has 1 unspecified atom stereocenters. The minimum Gasteiger partial charge on any atom is -0.481 e. The number of Topliss-reactive ketones (excluding diaryl/α,β-unsaturated/α-hetero) is 1. The third-order valence-corrected chi connectivity index (χ3v) is 7.40. The highest BCUT2D eigenvalue weighted by atomic mass is 35.5. The van der Waals surface area contributed by atoms with E-state index in [1.807, 2.05) is 30.3 Å². The van der Waals surface area contributed by atoms with E-state index >= 15 is 0 Å². The number of piperidine rings is 1. The maximum Gasteiger partial charge on any atom is 0.304 e. The third kappa shape index (κ3) is 4.80. The summed E-state index contributed by atoms with van der Waals surface area (Å²) in [6.45, 7) is 3.23. The first-order chi connectivity index (χ1) is 15.6. The van der Waals surface area contributed by atoms with Crippen molar-refractivity contribution in [2.75, 3.05) is 0 Å². The summed E-state index contributed by atoms with van der Waals surface area (Å²) in [5, 5.41) is 10.8. The van der Waals surface area contributed by atoms with Crippen LogP contribution in [0, 0.1) is 11.3 Å². The number of carbonyl (C=O) groups is 3. The van der Waals surface area contributed by atoms with Gasteiger partial charge in [-0.15, -0.1) is 0 Å². The predicted molar refractivity (Wildman–Crippen MR) is 127 cm³/mol. The lowest BCUT2D eigenvalue weighted by atomic mass is 9.66. The molecule has 1 heterocycles.